The number of benzene rings is 1. The molecule has 0 unspecified atom stereocenters. The molecule has 0 saturated heterocycles. The number of methoxy groups -OCH3 is 1. The molecule has 0 radical (unpaired) electrons. The molecule has 1 aromatic carbocycles. The van der Waals surface area contributed by atoms with E-state index in [4.69, 9.17) is 16.3 Å². The fourth-order valence-electron chi connectivity index (χ4n) is 2.06. The van der Waals surface area contributed by atoms with Crippen molar-refractivity contribution in [3.63, 3.8) is 0 Å². The van der Waals surface area contributed by atoms with Crippen LogP contribution in [0.5, 0.6) is 0 Å². The minimum absolute atomic E-state index is 0.751. The number of imidazole rings is 1. The molecule has 0 aliphatic rings. The first-order valence-corrected chi connectivity index (χ1v) is 7.08. The highest BCUT2D eigenvalue weighted by Crippen LogP contribution is 2.15. The van der Waals surface area contributed by atoms with Crippen molar-refractivity contribution in [3.05, 3.63) is 46.7 Å². The van der Waals surface area contributed by atoms with Crippen LogP contribution in [0.2, 0.25) is 5.02 Å². The van der Waals surface area contributed by atoms with Crippen LogP contribution >= 0.6 is 11.6 Å². The molecule has 0 fully saturated rings. The lowest BCUT2D eigenvalue weighted by atomic mass is 10.2. The second kappa shape index (κ2) is 7.31. The standard InChI is InChI=1S/C15H20ClN3O/c1-12-10-19(11-13-5-3-6-14(16)9-13)15(18-12)17-7-4-8-20-2/h3,5-6,9-10H,4,7-8,11H2,1-2H3,(H,17,18). The van der Waals surface area contributed by atoms with Crippen LogP contribution in [-0.4, -0.2) is 29.8 Å². The van der Waals surface area contributed by atoms with Gasteiger partial charge in [0.1, 0.15) is 0 Å². The van der Waals surface area contributed by atoms with Crippen LogP contribution in [0.4, 0.5) is 5.95 Å². The van der Waals surface area contributed by atoms with E-state index >= 15 is 0 Å². The zero-order valence-corrected chi connectivity index (χ0v) is 12.7. The summed E-state index contributed by atoms with van der Waals surface area (Å²) in [5.41, 5.74) is 2.16. The predicted octanol–water partition coefficient (Wildman–Crippen LogP) is 3.34. The Morgan fingerprint density at radius 3 is 3.00 bits per heavy atom. The Balaban J connectivity index is 2.03. The van der Waals surface area contributed by atoms with Crippen LogP contribution in [0.3, 0.4) is 0 Å². The molecule has 20 heavy (non-hydrogen) atoms. The first-order valence-electron chi connectivity index (χ1n) is 6.70. The summed E-state index contributed by atoms with van der Waals surface area (Å²) in [5, 5.41) is 4.10. The van der Waals surface area contributed by atoms with Crippen LogP contribution < -0.4 is 5.32 Å². The summed E-state index contributed by atoms with van der Waals surface area (Å²) in [5.74, 6) is 0.888. The molecule has 2 rings (SSSR count). The Morgan fingerprint density at radius 2 is 2.25 bits per heavy atom. The van der Waals surface area contributed by atoms with Crippen molar-refractivity contribution in [2.24, 2.45) is 0 Å². The van der Waals surface area contributed by atoms with Gasteiger partial charge >= 0.3 is 0 Å². The molecule has 0 aliphatic heterocycles. The maximum absolute atomic E-state index is 6.02. The number of aromatic nitrogens is 2. The lowest BCUT2D eigenvalue weighted by molar-refractivity contribution is 0.197. The van der Waals surface area contributed by atoms with Gasteiger partial charge in [0.2, 0.25) is 5.95 Å². The number of halogens is 1. The summed E-state index contributed by atoms with van der Waals surface area (Å²) in [6.07, 6.45) is 3.00. The fraction of sp³-hybridized carbons (Fsp3) is 0.400. The quantitative estimate of drug-likeness (QED) is 0.796. The molecular formula is C15H20ClN3O. The van der Waals surface area contributed by atoms with E-state index in [1.165, 1.54) is 0 Å². The molecule has 4 nitrogen and oxygen atoms in total. The predicted molar refractivity (Wildman–Crippen MR) is 82.5 cm³/mol. The van der Waals surface area contributed by atoms with Gasteiger partial charge in [0, 0.05) is 31.5 Å². The smallest absolute Gasteiger partial charge is 0.203 e. The van der Waals surface area contributed by atoms with Gasteiger partial charge in [0.25, 0.3) is 0 Å². The van der Waals surface area contributed by atoms with Crippen molar-refractivity contribution in [1.82, 2.24) is 9.55 Å². The molecule has 0 spiro atoms. The van der Waals surface area contributed by atoms with Crippen molar-refractivity contribution >= 4 is 17.5 Å². The fourth-order valence-corrected chi connectivity index (χ4v) is 2.27. The molecule has 0 bridgehead atoms. The first kappa shape index (κ1) is 14.9. The molecule has 5 heteroatoms. The van der Waals surface area contributed by atoms with Gasteiger partial charge in [0.05, 0.1) is 12.2 Å². The Bertz CT molecular complexity index is 554. The van der Waals surface area contributed by atoms with E-state index in [-0.39, 0.29) is 0 Å². The Hall–Kier alpha value is -1.52. The Kier molecular flexibility index (Phi) is 5.44. The maximum atomic E-state index is 6.02. The summed E-state index contributed by atoms with van der Waals surface area (Å²) in [4.78, 5) is 4.50. The van der Waals surface area contributed by atoms with Gasteiger partial charge in [0.15, 0.2) is 0 Å². The van der Waals surface area contributed by atoms with E-state index in [1.54, 1.807) is 7.11 Å². The van der Waals surface area contributed by atoms with Gasteiger partial charge in [-0.1, -0.05) is 23.7 Å². The molecule has 0 aliphatic carbocycles. The number of nitrogens with zero attached hydrogens (tertiary/aromatic N) is 2. The number of rotatable bonds is 7. The van der Waals surface area contributed by atoms with E-state index < -0.39 is 0 Å². The molecule has 108 valence electrons. The van der Waals surface area contributed by atoms with Crippen LogP contribution in [-0.2, 0) is 11.3 Å². The monoisotopic (exact) mass is 293 g/mol. The van der Waals surface area contributed by atoms with Crippen LogP contribution in [0.1, 0.15) is 17.7 Å². The molecule has 1 heterocycles. The summed E-state index contributed by atoms with van der Waals surface area (Å²) in [6.45, 7) is 4.35. The van der Waals surface area contributed by atoms with Gasteiger partial charge in [-0.15, -0.1) is 0 Å². The van der Waals surface area contributed by atoms with Crippen molar-refractivity contribution in [2.75, 3.05) is 25.6 Å². The number of nitrogens with one attached hydrogen (secondary N) is 1. The molecule has 0 saturated carbocycles. The Labute approximate surface area is 124 Å². The van der Waals surface area contributed by atoms with Gasteiger partial charge in [-0.05, 0) is 31.0 Å². The largest absolute Gasteiger partial charge is 0.385 e. The average molecular weight is 294 g/mol. The van der Waals surface area contributed by atoms with Gasteiger partial charge < -0.3 is 14.6 Å². The zero-order valence-electron chi connectivity index (χ0n) is 11.9. The molecule has 2 aromatic rings. The van der Waals surface area contributed by atoms with Gasteiger partial charge in [-0.25, -0.2) is 4.98 Å². The lowest BCUT2D eigenvalue weighted by Crippen LogP contribution is -2.10. The van der Waals surface area contributed by atoms with Crippen molar-refractivity contribution < 1.29 is 4.74 Å². The van der Waals surface area contributed by atoms with Crippen molar-refractivity contribution in [2.45, 2.75) is 19.9 Å². The van der Waals surface area contributed by atoms with Crippen LogP contribution in [0.25, 0.3) is 0 Å². The molecule has 0 amide bonds. The highest BCUT2D eigenvalue weighted by Gasteiger charge is 2.06. The zero-order chi connectivity index (χ0) is 14.4. The van der Waals surface area contributed by atoms with Crippen LogP contribution in [0.15, 0.2) is 30.5 Å². The normalized spacial score (nSPS) is 10.8. The van der Waals surface area contributed by atoms with E-state index in [0.717, 1.165) is 48.3 Å². The molecule has 1 aromatic heterocycles. The summed E-state index contributed by atoms with van der Waals surface area (Å²) in [7, 11) is 1.71. The third-order valence-electron chi connectivity index (χ3n) is 2.95. The number of ether oxygens (including phenoxy) is 1. The third kappa shape index (κ3) is 4.25. The number of hydrogen-bond donors (Lipinski definition) is 1. The Morgan fingerprint density at radius 1 is 1.40 bits per heavy atom. The highest BCUT2D eigenvalue weighted by atomic mass is 35.5. The van der Waals surface area contributed by atoms with E-state index in [9.17, 15) is 0 Å². The van der Waals surface area contributed by atoms with E-state index in [1.807, 2.05) is 31.3 Å². The number of hydrogen-bond acceptors (Lipinski definition) is 3. The van der Waals surface area contributed by atoms with Crippen LogP contribution in [0, 0.1) is 6.92 Å². The van der Waals surface area contributed by atoms with Crippen molar-refractivity contribution in [3.8, 4) is 0 Å². The summed E-state index contributed by atoms with van der Waals surface area (Å²) < 4.78 is 7.15. The minimum atomic E-state index is 0.751. The second-order valence-corrected chi connectivity index (χ2v) is 5.17. The number of aryl methyl sites for hydroxylation is 1. The van der Waals surface area contributed by atoms with Gasteiger partial charge in [-0.3, -0.25) is 0 Å². The highest BCUT2D eigenvalue weighted by molar-refractivity contribution is 6.30. The maximum Gasteiger partial charge on any atom is 0.203 e. The molecular weight excluding hydrogens is 274 g/mol. The minimum Gasteiger partial charge on any atom is -0.385 e. The number of anilines is 1. The summed E-state index contributed by atoms with van der Waals surface area (Å²) >= 11 is 6.02. The first-order chi connectivity index (χ1) is 9.69. The third-order valence-corrected chi connectivity index (χ3v) is 3.18. The average Bonchev–Trinajstić information content (AvgIpc) is 2.75. The lowest BCUT2D eigenvalue weighted by Gasteiger charge is -2.10. The van der Waals surface area contributed by atoms with E-state index in [0.29, 0.717) is 0 Å². The molecule has 0 atom stereocenters. The summed E-state index contributed by atoms with van der Waals surface area (Å²) in [6, 6.07) is 7.89. The second-order valence-electron chi connectivity index (χ2n) is 4.74. The van der Waals surface area contributed by atoms with Crippen molar-refractivity contribution in [1.29, 1.82) is 0 Å². The topological polar surface area (TPSA) is 39.1 Å². The van der Waals surface area contributed by atoms with Gasteiger partial charge in [-0.2, -0.15) is 0 Å². The molecule has 1 N–H and O–H groups in total. The van der Waals surface area contributed by atoms with E-state index in [2.05, 4.69) is 20.9 Å². The SMILES string of the molecule is COCCCNc1nc(C)cn1Cc1cccc(Cl)c1.